The molecular weight excluding hydrogens is 424 g/mol. The number of rotatable bonds is 7. The normalized spacial score (nSPS) is 12.5. The molecule has 0 aliphatic carbocycles. The number of amides is 2. The molecule has 0 aliphatic heterocycles. The van der Waals surface area contributed by atoms with Gasteiger partial charge in [-0.25, -0.2) is 9.78 Å². The summed E-state index contributed by atoms with van der Waals surface area (Å²) in [7, 11) is 0. The number of ether oxygens (including phenoxy) is 2. The molecule has 0 fully saturated rings. The van der Waals surface area contributed by atoms with Gasteiger partial charge >= 0.3 is 6.09 Å². The van der Waals surface area contributed by atoms with E-state index in [-0.39, 0.29) is 11.8 Å². The van der Waals surface area contributed by atoms with Crippen molar-refractivity contribution in [2.45, 2.75) is 65.5 Å². The summed E-state index contributed by atoms with van der Waals surface area (Å²) in [5, 5.41) is 10.3. The Morgan fingerprint density at radius 2 is 1.91 bits per heavy atom. The fraction of sp³-hybridized carbons (Fsp3) is 0.417. The number of alkyl carbamates (subject to hydrolysis) is 1. The topological polar surface area (TPSA) is 116 Å². The quantitative estimate of drug-likeness (QED) is 0.492. The van der Waals surface area contributed by atoms with Gasteiger partial charge in [0.05, 0.1) is 23.0 Å². The number of aromatic nitrogens is 2. The maximum Gasteiger partial charge on any atom is 0.408 e. The van der Waals surface area contributed by atoms with E-state index in [1.165, 1.54) is 6.20 Å². The molecule has 1 unspecified atom stereocenters. The van der Waals surface area contributed by atoms with Gasteiger partial charge in [0, 0.05) is 6.07 Å². The molecule has 2 aromatic heterocycles. The summed E-state index contributed by atoms with van der Waals surface area (Å²) in [5.74, 6) is 0.752. The molecule has 3 aromatic rings. The minimum atomic E-state index is -0.739. The van der Waals surface area contributed by atoms with Gasteiger partial charge in [-0.1, -0.05) is 32.0 Å². The van der Waals surface area contributed by atoms with Crippen molar-refractivity contribution in [3.05, 3.63) is 42.2 Å². The summed E-state index contributed by atoms with van der Waals surface area (Å²) >= 11 is 0. The maximum atomic E-state index is 12.6. The van der Waals surface area contributed by atoms with E-state index in [1.807, 2.05) is 32.0 Å². The van der Waals surface area contributed by atoms with Crippen LogP contribution in [0.4, 0.5) is 10.5 Å². The lowest BCUT2D eigenvalue weighted by molar-refractivity contribution is -0.118. The van der Waals surface area contributed by atoms with Crippen LogP contribution in [0.15, 0.2) is 41.1 Å². The highest BCUT2D eigenvalue weighted by molar-refractivity contribution is 5.96. The van der Waals surface area contributed by atoms with E-state index < -0.39 is 17.7 Å². The molecule has 33 heavy (non-hydrogen) atoms. The number of fused-ring (bicyclic) bond motifs is 1. The van der Waals surface area contributed by atoms with Crippen molar-refractivity contribution in [1.29, 1.82) is 0 Å². The van der Waals surface area contributed by atoms with Crippen LogP contribution in [0.1, 0.15) is 59.6 Å². The average Bonchev–Trinajstić information content (AvgIpc) is 3.17. The SMILES string of the molecule is CCC(NC(=O)OC(C)(C)C)C(=O)Nc1ccc(Oc2cccc3onc(C(C)C)c23)nc1. The van der Waals surface area contributed by atoms with E-state index in [9.17, 15) is 9.59 Å². The summed E-state index contributed by atoms with van der Waals surface area (Å²) in [4.78, 5) is 28.9. The Balaban J connectivity index is 1.67. The molecule has 0 saturated carbocycles. The van der Waals surface area contributed by atoms with Crippen LogP contribution in [0.5, 0.6) is 11.6 Å². The summed E-state index contributed by atoms with van der Waals surface area (Å²) in [6.07, 6.45) is 1.25. The highest BCUT2D eigenvalue weighted by Gasteiger charge is 2.23. The highest BCUT2D eigenvalue weighted by Crippen LogP contribution is 2.34. The van der Waals surface area contributed by atoms with E-state index >= 15 is 0 Å². The summed E-state index contributed by atoms with van der Waals surface area (Å²) in [6.45, 7) is 11.1. The fourth-order valence-electron chi connectivity index (χ4n) is 3.12. The minimum Gasteiger partial charge on any atom is -0.444 e. The molecule has 0 aliphatic rings. The molecule has 1 atom stereocenters. The zero-order valence-corrected chi connectivity index (χ0v) is 19.8. The molecular formula is C24H30N4O5. The van der Waals surface area contributed by atoms with Crippen LogP contribution in [0.3, 0.4) is 0 Å². The first kappa shape index (κ1) is 24.0. The molecule has 0 spiro atoms. The zero-order chi connectivity index (χ0) is 24.2. The van der Waals surface area contributed by atoms with E-state index in [4.69, 9.17) is 14.0 Å². The number of nitrogens with one attached hydrogen (secondary N) is 2. The Morgan fingerprint density at radius 1 is 1.15 bits per heavy atom. The number of benzene rings is 1. The van der Waals surface area contributed by atoms with Crippen LogP contribution >= 0.6 is 0 Å². The van der Waals surface area contributed by atoms with Gasteiger partial charge in [0.15, 0.2) is 5.58 Å². The average molecular weight is 455 g/mol. The maximum absolute atomic E-state index is 12.6. The molecule has 176 valence electrons. The van der Waals surface area contributed by atoms with Crippen LogP contribution < -0.4 is 15.4 Å². The Morgan fingerprint density at radius 3 is 2.52 bits per heavy atom. The number of hydrogen-bond donors (Lipinski definition) is 2. The van der Waals surface area contributed by atoms with E-state index in [1.54, 1.807) is 39.8 Å². The van der Waals surface area contributed by atoms with Crippen molar-refractivity contribution in [3.8, 4) is 11.6 Å². The second-order valence-electron chi connectivity index (χ2n) is 8.94. The Labute approximate surface area is 192 Å². The monoisotopic (exact) mass is 454 g/mol. The van der Waals surface area contributed by atoms with Gasteiger partial charge in [0.2, 0.25) is 11.8 Å². The minimum absolute atomic E-state index is 0.169. The lowest BCUT2D eigenvalue weighted by atomic mass is 10.1. The molecule has 2 amide bonds. The lowest BCUT2D eigenvalue weighted by Gasteiger charge is -2.22. The first-order chi connectivity index (χ1) is 15.6. The van der Waals surface area contributed by atoms with Crippen molar-refractivity contribution >= 4 is 28.7 Å². The van der Waals surface area contributed by atoms with E-state index in [0.29, 0.717) is 29.3 Å². The van der Waals surface area contributed by atoms with Crippen molar-refractivity contribution in [1.82, 2.24) is 15.5 Å². The molecule has 1 aromatic carbocycles. The molecule has 2 heterocycles. The van der Waals surface area contributed by atoms with Gasteiger partial charge in [-0.2, -0.15) is 0 Å². The predicted molar refractivity (Wildman–Crippen MR) is 124 cm³/mol. The molecule has 9 heteroatoms. The van der Waals surface area contributed by atoms with Crippen molar-refractivity contribution in [2.24, 2.45) is 0 Å². The molecule has 2 N–H and O–H groups in total. The summed E-state index contributed by atoms with van der Waals surface area (Å²) in [5.41, 5.74) is 1.28. The molecule has 9 nitrogen and oxygen atoms in total. The smallest absolute Gasteiger partial charge is 0.408 e. The van der Waals surface area contributed by atoms with Crippen LogP contribution in [-0.2, 0) is 9.53 Å². The number of hydrogen-bond acceptors (Lipinski definition) is 7. The Bertz CT molecular complexity index is 1120. The first-order valence-corrected chi connectivity index (χ1v) is 10.9. The largest absolute Gasteiger partial charge is 0.444 e. The van der Waals surface area contributed by atoms with Gasteiger partial charge in [0.1, 0.15) is 17.4 Å². The van der Waals surface area contributed by atoms with Crippen LogP contribution in [0, 0.1) is 0 Å². The highest BCUT2D eigenvalue weighted by atomic mass is 16.6. The summed E-state index contributed by atoms with van der Waals surface area (Å²) < 4.78 is 16.6. The van der Waals surface area contributed by atoms with Crippen LogP contribution in [0.2, 0.25) is 0 Å². The van der Waals surface area contributed by atoms with E-state index in [2.05, 4.69) is 20.8 Å². The van der Waals surface area contributed by atoms with Gasteiger partial charge in [-0.05, 0) is 51.3 Å². The van der Waals surface area contributed by atoms with Gasteiger partial charge in [-0.15, -0.1) is 0 Å². The third-order valence-corrected chi connectivity index (χ3v) is 4.67. The number of pyridine rings is 1. The third-order valence-electron chi connectivity index (χ3n) is 4.67. The number of carbonyl (C=O) groups is 2. The number of anilines is 1. The van der Waals surface area contributed by atoms with Crippen LogP contribution in [0.25, 0.3) is 11.0 Å². The van der Waals surface area contributed by atoms with Crippen molar-refractivity contribution < 1.29 is 23.6 Å². The number of nitrogens with zero attached hydrogens (tertiary/aromatic N) is 2. The Kier molecular flexibility index (Phi) is 7.20. The van der Waals surface area contributed by atoms with Crippen molar-refractivity contribution in [3.63, 3.8) is 0 Å². The molecule has 0 saturated heterocycles. The third kappa shape index (κ3) is 6.21. The van der Waals surface area contributed by atoms with Gasteiger partial charge in [0.25, 0.3) is 0 Å². The second-order valence-corrected chi connectivity index (χ2v) is 8.94. The zero-order valence-electron chi connectivity index (χ0n) is 19.8. The standard InChI is InChI=1S/C24H30N4O5/c1-7-16(27-23(30)32-24(4,5)6)22(29)26-15-11-12-19(25-13-15)31-17-9-8-10-18-20(17)21(14(2)3)28-33-18/h8-14,16H,7H2,1-6H3,(H,26,29)(H,27,30). The van der Waals surface area contributed by atoms with Gasteiger partial charge in [-0.3, -0.25) is 4.79 Å². The fourth-order valence-corrected chi connectivity index (χ4v) is 3.12. The molecule has 0 radical (unpaired) electrons. The van der Waals surface area contributed by atoms with Gasteiger partial charge < -0.3 is 24.6 Å². The molecule has 0 bridgehead atoms. The number of carbonyl (C=O) groups excluding carboxylic acids is 2. The first-order valence-electron chi connectivity index (χ1n) is 10.9. The summed E-state index contributed by atoms with van der Waals surface area (Å²) in [6, 6.07) is 8.08. The Hall–Kier alpha value is -3.62. The predicted octanol–water partition coefficient (Wildman–Crippen LogP) is 5.38. The molecule has 3 rings (SSSR count). The van der Waals surface area contributed by atoms with Crippen LogP contribution in [-0.4, -0.2) is 33.8 Å². The second kappa shape index (κ2) is 9.89. The van der Waals surface area contributed by atoms with E-state index in [0.717, 1.165) is 11.1 Å². The van der Waals surface area contributed by atoms with Crippen molar-refractivity contribution in [2.75, 3.05) is 5.32 Å². The lowest BCUT2D eigenvalue weighted by Crippen LogP contribution is -2.45.